The summed E-state index contributed by atoms with van der Waals surface area (Å²) in [6.45, 7) is 7.34. The zero-order chi connectivity index (χ0) is 30.9. The molecule has 0 aliphatic carbocycles. The van der Waals surface area contributed by atoms with Gasteiger partial charge in [0.15, 0.2) is 23.2 Å². The molecule has 6 aromatic carbocycles. The van der Waals surface area contributed by atoms with Crippen LogP contribution in [0.25, 0.3) is 39.0 Å². The van der Waals surface area contributed by atoms with Crippen molar-refractivity contribution < 1.29 is 4.74 Å². The van der Waals surface area contributed by atoms with Crippen molar-refractivity contribution >= 4 is 5.69 Å². The van der Waals surface area contributed by atoms with Crippen LogP contribution in [0.3, 0.4) is 0 Å². The molecule has 2 heterocycles. The van der Waals surface area contributed by atoms with E-state index in [0.29, 0.717) is 23.2 Å². The van der Waals surface area contributed by atoms with Gasteiger partial charge in [0.2, 0.25) is 0 Å². The highest BCUT2D eigenvalue weighted by Gasteiger charge is 2.45. The van der Waals surface area contributed by atoms with Gasteiger partial charge < -0.3 is 4.74 Å². The summed E-state index contributed by atoms with van der Waals surface area (Å²) in [5.74, 6) is 3.19. The zero-order valence-electron chi connectivity index (χ0n) is 24.7. The highest BCUT2D eigenvalue weighted by molar-refractivity contribution is 5.74. The summed E-state index contributed by atoms with van der Waals surface area (Å²) >= 11 is 0. The minimum Gasteiger partial charge on any atom is -0.457 e. The molecule has 0 N–H and O–H groups in total. The fourth-order valence-electron chi connectivity index (χ4n) is 6.39. The number of hydrogen-bond acceptors (Lipinski definition) is 4. The molecule has 0 radical (unpaired) electrons. The molecule has 0 saturated carbocycles. The van der Waals surface area contributed by atoms with Gasteiger partial charge in [-0.25, -0.2) is 19.8 Å². The second-order valence-corrected chi connectivity index (χ2v) is 11.1. The zero-order valence-corrected chi connectivity index (χ0v) is 24.7. The Morgan fingerprint density at radius 1 is 0.457 bits per heavy atom. The van der Waals surface area contributed by atoms with Crippen molar-refractivity contribution in [1.29, 1.82) is 0 Å². The van der Waals surface area contributed by atoms with Gasteiger partial charge in [0.05, 0.1) is 12.0 Å². The Hall–Kier alpha value is -6.38. The van der Waals surface area contributed by atoms with E-state index in [1.807, 2.05) is 60.7 Å². The molecule has 0 bridgehead atoms. The van der Waals surface area contributed by atoms with E-state index in [9.17, 15) is 0 Å². The molecule has 1 aliphatic rings. The molecule has 0 amide bonds. The third kappa shape index (κ3) is 4.52. The molecule has 0 atom stereocenters. The highest BCUT2D eigenvalue weighted by Crippen LogP contribution is 2.55. The largest absolute Gasteiger partial charge is 0.457 e. The van der Waals surface area contributed by atoms with Gasteiger partial charge in [-0.05, 0) is 23.3 Å². The van der Waals surface area contributed by atoms with Crippen LogP contribution < -0.4 is 4.74 Å². The predicted octanol–water partition coefficient (Wildman–Crippen LogP) is 9.91. The first-order chi connectivity index (χ1) is 22.7. The van der Waals surface area contributed by atoms with Crippen molar-refractivity contribution in [3.63, 3.8) is 0 Å². The van der Waals surface area contributed by atoms with Crippen LogP contribution in [0, 0.1) is 6.57 Å². The maximum atomic E-state index is 7.34. The van der Waals surface area contributed by atoms with Gasteiger partial charge in [0.25, 0.3) is 0 Å². The Morgan fingerprint density at radius 2 is 0.935 bits per heavy atom. The summed E-state index contributed by atoms with van der Waals surface area (Å²) in [5.41, 5.74) is 6.91. The van der Waals surface area contributed by atoms with E-state index in [4.69, 9.17) is 26.3 Å². The van der Waals surface area contributed by atoms with Crippen LogP contribution in [-0.4, -0.2) is 15.0 Å². The van der Waals surface area contributed by atoms with Crippen LogP contribution >= 0.6 is 0 Å². The molecule has 8 rings (SSSR count). The molecule has 1 aliphatic heterocycles. The van der Waals surface area contributed by atoms with Gasteiger partial charge >= 0.3 is 0 Å². The van der Waals surface area contributed by atoms with Gasteiger partial charge in [0.1, 0.15) is 11.5 Å². The van der Waals surface area contributed by atoms with E-state index in [0.717, 1.165) is 50.4 Å². The molecule has 46 heavy (non-hydrogen) atoms. The van der Waals surface area contributed by atoms with Gasteiger partial charge in [-0.3, -0.25) is 0 Å². The molecule has 1 aromatic heterocycles. The summed E-state index contributed by atoms with van der Waals surface area (Å²) in [7, 11) is 0. The second-order valence-electron chi connectivity index (χ2n) is 11.1. The van der Waals surface area contributed by atoms with Crippen molar-refractivity contribution in [1.82, 2.24) is 15.0 Å². The maximum absolute atomic E-state index is 7.34. The molecule has 0 unspecified atom stereocenters. The van der Waals surface area contributed by atoms with Crippen LogP contribution in [0.5, 0.6) is 11.5 Å². The fourth-order valence-corrected chi connectivity index (χ4v) is 6.39. The number of aromatic nitrogens is 3. The maximum Gasteiger partial charge on any atom is 0.187 e. The molecule has 0 saturated heterocycles. The lowest BCUT2D eigenvalue weighted by Gasteiger charge is -2.41. The summed E-state index contributed by atoms with van der Waals surface area (Å²) < 4.78 is 6.69. The van der Waals surface area contributed by atoms with Gasteiger partial charge in [0, 0.05) is 27.8 Å². The number of benzene rings is 6. The molecule has 7 aromatic rings. The van der Waals surface area contributed by atoms with Crippen molar-refractivity contribution in [2.24, 2.45) is 0 Å². The summed E-state index contributed by atoms with van der Waals surface area (Å²) in [5, 5.41) is 0. The third-order valence-corrected chi connectivity index (χ3v) is 8.49. The van der Waals surface area contributed by atoms with Crippen LogP contribution in [0.15, 0.2) is 158 Å². The van der Waals surface area contributed by atoms with Crippen molar-refractivity contribution in [3.05, 3.63) is 191 Å². The quantitative estimate of drug-likeness (QED) is 0.187. The minimum atomic E-state index is -0.602. The van der Waals surface area contributed by atoms with Crippen molar-refractivity contribution in [2.45, 2.75) is 5.41 Å². The molecule has 5 heteroatoms. The Balaban J connectivity index is 1.35. The lowest BCUT2D eigenvalue weighted by molar-refractivity contribution is 0.434. The average Bonchev–Trinajstić information content (AvgIpc) is 3.14. The number of para-hydroxylation sites is 1. The first-order valence-electron chi connectivity index (χ1n) is 15.1. The van der Waals surface area contributed by atoms with E-state index in [2.05, 4.69) is 89.8 Å². The third-order valence-electron chi connectivity index (χ3n) is 8.49. The van der Waals surface area contributed by atoms with Crippen LogP contribution in [0.4, 0.5) is 5.69 Å². The second kappa shape index (κ2) is 11.3. The summed E-state index contributed by atoms with van der Waals surface area (Å²) in [4.78, 5) is 18.3. The van der Waals surface area contributed by atoms with E-state index in [1.54, 1.807) is 12.1 Å². The van der Waals surface area contributed by atoms with Gasteiger partial charge in [-0.15, -0.1) is 0 Å². The smallest absolute Gasteiger partial charge is 0.187 e. The Kier molecular flexibility index (Phi) is 6.67. The Labute approximate surface area is 267 Å². The van der Waals surface area contributed by atoms with Crippen molar-refractivity contribution in [2.75, 3.05) is 0 Å². The standard InChI is InChI=1S/C41H26N4O/c1-42-33-24-21-29(22-25-33)39-43-38(28-13-5-2-6-14-28)44-40(45-39)30-23-26-35-37(27-30)46-36-20-12-11-19-34(36)41(35,31-15-7-3-8-16-31)32-17-9-4-10-18-32/h2-27H. The van der Waals surface area contributed by atoms with Gasteiger partial charge in [-0.2, -0.15) is 0 Å². The van der Waals surface area contributed by atoms with Crippen LogP contribution in [0.1, 0.15) is 22.3 Å². The molecule has 0 spiro atoms. The number of nitrogens with zero attached hydrogens (tertiary/aromatic N) is 4. The topological polar surface area (TPSA) is 52.3 Å². The normalized spacial score (nSPS) is 12.7. The van der Waals surface area contributed by atoms with E-state index < -0.39 is 5.41 Å². The Bertz CT molecular complexity index is 2190. The summed E-state index contributed by atoms with van der Waals surface area (Å²) in [6, 6.07) is 53.0. The minimum absolute atomic E-state index is 0.535. The summed E-state index contributed by atoms with van der Waals surface area (Å²) in [6.07, 6.45) is 0. The average molecular weight is 591 g/mol. The molecule has 0 fully saturated rings. The molecule has 216 valence electrons. The van der Waals surface area contributed by atoms with E-state index in [1.165, 1.54) is 0 Å². The van der Waals surface area contributed by atoms with Crippen molar-refractivity contribution in [3.8, 4) is 45.7 Å². The first kappa shape index (κ1) is 27.2. The van der Waals surface area contributed by atoms with E-state index >= 15 is 0 Å². The number of rotatable bonds is 5. The van der Waals surface area contributed by atoms with Gasteiger partial charge in [-0.1, -0.05) is 146 Å². The Morgan fingerprint density at radius 3 is 1.54 bits per heavy atom. The highest BCUT2D eigenvalue weighted by atomic mass is 16.5. The fraction of sp³-hybridized carbons (Fsp3) is 0.0244. The first-order valence-corrected chi connectivity index (χ1v) is 15.1. The number of ether oxygens (including phenoxy) is 1. The number of fused-ring (bicyclic) bond motifs is 2. The van der Waals surface area contributed by atoms with Crippen LogP contribution in [0.2, 0.25) is 0 Å². The number of hydrogen-bond donors (Lipinski definition) is 0. The predicted molar refractivity (Wildman–Crippen MR) is 181 cm³/mol. The SMILES string of the molecule is [C-]#[N+]c1ccc(-c2nc(-c3ccccc3)nc(-c3ccc4c(c3)Oc3ccccc3C4(c3ccccc3)c3ccccc3)n2)cc1. The monoisotopic (exact) mass is 590 g/mol. The lowest BCUT2D eigenvalue weighted by atomic mass is 9.63. The molecule has 5 nitrogen and oxygen atoms in total. The molecular formula is C41H26N4O. The van der Waals surface area contributed by atoms with Crippen LogP contribution in [-0.2, 0) is 5.41 Å². The van der Waals surface area contributed by atoms with E-state index in [-0.39, 0.29) is 0 Å². The molecular weight excluding hydrogens is 564 g/mol. The lowest BCUT2D eigenvalue weighted by Crippen LogP contribution is -2.34.